The van der Waals surface area contributed by atoms with Gasteiger partial charge in [0.25, 0.3) is 0 Å². The van der Waals surface area contributed by atoms with Crippen molar-refractivity contribution < 1.29 is 28.9 Å². The van der Waals surface area contributed by atoms with Crippen LogP contribution in [0.15, 0.2) is 42.5 Å². The molecule has 0 bridgehead atoms. The maximum absolute atomic E-state index is 11.8. The first-order chi connectivity index (χ1) is 12.5. The van der Waals surface area contributed by atoms with Crippen LogP contribution in [0.3, 0.4) is 0 Å². The number of ether oxygens (including phenoxy) is 3. The Morgan fingerprint density at radius 2 is 1.73 bits per heavy atom. The van der Waals surface area contributed by atoms with Crippen LogP contribution in [0.1, 0.15) is 21.5 Å². The number of carboxylic acid groups (broad SMARTS) is 1. The second-order valence-electron chi connectivity index (χ2n) is 5.41. The SMILES string of the molecule is COc1cc(C(=O)O)c(OC)cc1CCNC(=O)OCc1ccccc1. The molecule has 0 spiro atoms. The van der Waals surface area contributed by atoms with E-state index >= 15 is 0 Å². The van der Waals surface area contributed by atoms with Crippen molar-refractivity contribution in [1.29, 1.82) is 0 Å². The van der Waals surface area contributed by atoms with Gasteiger partial charge in [-0.1, -0.05) is 30.3 Å². The van der Waals surface area contributed by atoms with Gasteiger partial charge in [0.05, 0.1) is 14.2 Å². The first-order valence-electron chi connectivity index (χ1n) is 7.98. The minimum Gasteiger partial charge on any atom is -0.496 e. The van der Waals surface area contributed by atoms with Crippen LogP contribution in [-0.4, -0.2) is 37.9 Å². The summed E-state index contributed by atoms with van der Waals surface area (Å²) in [6.07, 6.45) is -0.0956. The Morgan fingerprint density at radius 3 is 2.35 bits per heavy atom. The Morgan fingerprint density at radius 1 is 1.04 bits per heavy atom. The van der Waals surface area contributed by atoms with Gasteiger partial charge in [-0.25, -0.2) is 9.59 Å². The van der Waals surface area contributed by atoms with Gasteiger partial charge in [-0.05, 0) is 29.7 Å². The lowest BCUT2D eigenvalue weighted by Crippen LogP contribution is -2.26. The highest BCUT2D eigenvalue weighted by Gasteiger charge is 2.16. The standard InChI is InChI=1S/C19H21NO6/c1-24-16-11-15(18(21)22)17(25-2)10-14(16)8-9-20-19(23)26-12-13-6-4-3-5-7-13/h3-7,10-11H,8-9,12H2,1-2H3,(H,20,23)(H,21,22). The Bertz CT molecular complexity index is 760. The van der Waals surface area contributed by atoms with Gasteiger partial charge in [-0.3, -0.25) is 0 Å². The van der Waals surface area contributed by atoms with Crippen LogP contribution in [-0.2, 0) is 17.8 Å². The molecule has 0 unspecified atom stereocenters. The zero-order valence-electron chi connectivity index (χ0n) is 14.7. The lowest BCUT2D eigenvalue weighted by Gasteiger charge is -2.13. The zero-order valence-corrected chi connectivity index (χ0v) is 14.7. The van der Waals surface area contributed by atoms with E-state index in [1.807, 2.05) is 30.3 Å². The number of benzene rings is 2. The number of carboxylic acids is 1. The molecule has 0 aliphatic heterocycles. The van der Waals surface area contributed by atoms with E-state index in [-0.39, 0.29) is 17.9 Å². The molecule has 0 saturated carbocycles. The zero-order chi connectivity index (χ0) is 18.9. The molecule has 0 aromatic heterocycles. The summed E-state index contributed by atoms with van der Waals surface area (Å²) in [5.74, 6) is -0.447. The Balaban J connectivity index is 1.92. The lowest BCUT2D eigenvalue weighted by molar-refractivity contribution is 0.0692. The molecule has 2 N–H and O–H groups in total. The number of carbonyl (C=O) groups excluding carboxylic acids is 1. The lowest BCUT2D eigenvalue weighted by atomic mass is 10.1. The fourth-order valence-corrected chi connectivity index (χ4v) is 2.40. The van der Waals surface area contributed by atoms with Crippen molar-refractivity contribution >= 4 is 12.1 Å². The molecule has 0 saturated heterocycles. The smallest absolute Gasteiger partial charge is 0.407 e. The molecule has 0 fully saturated rings. The maximum atomic E-state index is 11.8. The first-order valence-corrected chi connectivity index (χ1v) is 7.98. The van der Waals surface area contributed by atoms with Gasteiger partial charge < -0.3 is 24.6 Å². The van der Waals surface area contributed by atoms with Crippen LogP contribution in [0.25, 0.3) is 0 Å². The largest absolute Gasteiger partial charge is 0.496 e. The summed E-state index contributed by atoms with van der Waals surface area (Å²) in [5.41, 5.74) is 1.64. The maximum Gasteiger partial charge on any atom is 0.407 e. The van der Waals surface area contributed by atoms with Gasteiger partial charge in [0, 0.05) is 6.54 Å². The van der Waals surface area contributed by atoms with E-state index in [1.165, 1.54) is 20.3 Å². The monoisotopic (exact) mass is 359 g/mol. The van der Waals surface area contributed by atoms with Crippen LogP contribution >= 0.6 is 0 Å². The van der Waals surface area contributed by atoms with E-state index in [2.05, 4.69) is 5.32 Å². The molecule has 7 nitrogen and oxygen atoms in total. The minimum atomic E-state index is -1.10. The summed E-state index contributed by atoms with van der Waals surface area (Å²) in [4.78, 5) is 23.0. The first kappa shape index (κ1) is 19.1. The van der Waals surface area contributed by atoms with Crippen LogP contribution in [0.5, 0.6) is 11.5 Å². The number of methoxy groups -OCH3 is 2. The molecule has 2 rings (SSSR count). The molecule has 0 atom stereocenters. The molecule has 0 aliphatic carbocycles. The summed E-state index contributed by atoms with van der Waals surface area (Å²) in [5, 5.41) is 11.9. The highest BCUT2D eigenvalue weighted by molar-refractivity contribution is 5.91. The number of aromatic carboxylic acids is 1. The highest BCUT2D eigenvalue weighted by Crippen LogP contribution is 2.29. The molecule has 26 heavy (non-hydrogen) atoms. The van der Waals surface area contributed by atoms with Gasteiger partial charge in [-0.15, -0.1) is 0 Å². The van der Waals surface area contributed by atoms with Gasteiger partial charge in [0.1, 0.15) is 23.7 Å². The molecule has 0 heterocycles. The van der Waals surface area contributed by atoms with E-state index in [9.17, 15) is 14.7 Å². The van der Waals surface area contributed by atoms with Crippen LogP contribution in [0, 0.1) is 0 Å². The fourth-order valence-electron chi connectivity index (χ4n) is 2.40. The normalized spacial score (nSPS) is 10.1. The predicted octanol–water partition coefficient (Wildman–Crippen LogP) is 2.87. The average Bonchev–Trinajstić information content (AvgIpc) is 2.66. The molecule has 138 valence electrons. The van der Waals surface area contributed by atoms with Gasteiger partial charge in [-0.2, -0.15) is 0 Å². The van der Waals surface area contributed by atoms with Gasteiger partial charge in [0.2, 0.25) is 0 Å². The van der Waals surface area contributed by atoms with Crippen molar-refractivity contribution in [3.63, 3.8) is 0 Å². The Labute approximate surface area is 151 Å². The molecule has 2 aromatic carbocycles. The summed E-state index contributed by atoms with van der Waals surface area (Å²) >= 11 is 0. The predicted molar refractivity (Wildman–Crippen MR) is 94.8 cm³/mol. The van der Waals surface area contributed by atoms with Crippen molar-refractivity contribution in [2.45, 2.75) is 13.0 Å². The van der Waals surface area contributed by atoms with E-state index in [0.717, 1.165) is 11.1 Å². The summed E-state index contributed by atoms with van der Waals surface area (Å²) < 4.78 is 15.5. The minimum absolute atomic E-state index is 0.0170. The molecule has 0 aliphatic rings. The summed E-state index contributed by atoms with van der Waals surface area (Å²) in [7, 11) is 2.86. The van der Waals surface area contributed by atoms with Crippen LogP contribution in [0.4, 0.5) is 4.79 Å². The number of nitrogens with one attached hydrogen (secondary N) is 1. The Kier molecular flexibility index (Phi) is 6.84. The van der Waals surface area contributed by atoms with Crippen molar-refractivity contribution in [2.24, 2.45) is 0 Å². The number of alkyl carbamates (subject to hydrolysis) is 1. The van der Waals surface area contributed by atoms with E-state index in [0.29, 0.717) is 18.7 Å². The van der Waals surface area contributed by atoms with Crippen molar-refractivity contribution in [1.82, 2.24) is 5.32 Å². The average molecular weight is 359 g/mol. The molecule has 7 heteroatoms. The molecular weight excluding hydrogens is 338 g/mol. The fraction of sp³-hybridized carbons (Fsp3) is 0.263. The number of amides is 1. The third-order valence-electron chi connectivity index (χ3n) is 3.71. The third-order valence-corrected chi connectivity index (χ3v) is 3.71. The number of hydrogen-bond acceptors (Lipinski definition) is 5. The van der Waals surface area contributed by atoms with Gasteiger partial charge in [0.15, 0.2) is 0 Å². The second-order valence-corrected chi connectivity index (χ2v) is 5.41. The molecule has 0 radical (unpaired) electrons. The van der Waals surface area contributed by atoms with E-state index in [1.54, 1.807) is 6.07 Å². The highest BCUT2D eigenvalue weighted by atomic mass is 16.5. The van der Waals surface area contributed by atoms with Crippen LogP contribution in [0.2, 0.25) is 0 Å². The van der Waals surface area contributed by atoms with Gasteiger partial charge >= 0.3 is 12.1 Å². The topological polar surface area (TPSA) is 94.1 Å². The molecular formula is C19H21NO6. The van der Waals surface area contributed by atoms with Crippen molar-refractivity contribution in [3.8, 4) is 11.5 Å². The summed E-state index contributed by atoms with van der Waals surface area (Å²) in [6.45, 7) is 0.497. The number of carbonyl (C=O) groups is 2. The summed E-state index contributed by atoms with van der Waals surface area (Å²) in [6, 6.07) is 12.4. The van der Waals surface area contributed by atoms with Crippen molar-refractivity contribution in [3.05, 3.63) is 59.2 Å². The molecule has 1 amide bonds. The number of rotatable bonds is 8. The third kappa shape index (κ3) is 5.14. The van der Waals surface area contributed by atoms with E-state index < -0.39 is 12.1 Å². The van der Waals surface area contributed by atoms with E-state index in [4.69, 9.17) is 14.2 Å². The molecule has 2 aromatic rings. The van der Waals surface area contributed by atoms with Crippen molar-refractivity contribution in [2.75, 3.05) is 20.8 Å². The second kappa shape index (κ2) is 9.31. The quantitative estimate of drug-likeness (QED) is 0.753. The number of hydrogen-bond donors (Lipinski definition) is 2. The van der Waals surface area contributed by atoms with Crippen LogP contribution < -0.4 is 14.8 Å². The Hall–Kier alpha value is -3.22.